The summed E-state index contributed by atoms with van der Waals surface area (Å²) in [5, 5.41) is 8.58. The maximum Gasteiger partial charge on any atom is 0.319 e. The highest BCUT2D eigenvalue weighted by Gasteiger charge is 2.18. The number of urea groups is 1. The van der Waals surface area contributed by atoms with Gasteiger partial charge in [0.15, 0.2) is 0 Å². The molecule has 0 aliphatic heterocycles. The predicted octanol–water partition coefficient (Wildman–Crippen LogP) is 4.42. The van der Waals surface area contributed by atoms with Gasteiger partial charge in [0.25, 0.3) is 5.91 Å². The first kappa shape index (κ1) is 16.7. The van der Waals surface area contributed by atoms with Gasteiger partial charge in [-0.15, -0.1) is 11.3 Å². The van der Waals surface area contributed by atoms with Crippen LogP contribution in [0.3, 0.4) is 0 Å². The highest BCUT2D eigenvalue weighted by molar-refractivity contribution is 7.20. The van der Waals surface area contributed by atoms with Crippen LogP contribution in [-0.2, 0) is 0 Å². The van der Waals surface area contributed by atoms with Gasteiger partial charge in [-0.1, -0.05) is 48.5 Å². The fourth-order valence-corrected chi connectivity index (χ4v) is 3.34. The van der Waals surface area contributed by atoms with Gasteiger partial charge in [-0.2, -0.15) is 0 Å². The van der Waals surface area contributed by atoms with Crippen LogP contribution < -0.4 is 16.0 Å². The molecule has 1 heterocycles. The second kappa shape index (κ2) is 7.63. The Morgan fingerprint density at radius 1 is 0.880 bits per heavy atom. The summed E-state index contributed by atoms with van der Waals surface area (Å²) in [6.07, 6.45) is 0. The van der Waals surface area contributed by atoms with Crippen molar-refractivity contribution in [2.75, 3.05) is 17.7 Å². The van der Waals surface area contributed by atoms with Gasteiger partial charge in [-0.3, -0.25) is 10.1 Å². The summed E-state index contributed by atoms with van der Waals surface area (Å²) in [4.78, 5) is 25.3. The highest BCUT2D eigenvalue weighted by Crippen LogP contribution is 2.35. The minimum atomic E-state index is -0.366. The number of nitrogens with one attached hydrogen (secondary N) is 3. The zero-order valence-electron chi connectivity index (χ0n) is 13.6. The lowest BCUT2D eigenvalue weighted by Crippen LogP contribution is -2.25. The molecule has 0 unspecified atom stereocenters. The average molecular weight is 351 g/mol. The molecule has 0 saturated carbocycles. The number of thiophene rings is 1. The van der Waals surface area contributed by atoms with Gasteiger partial charge in [0.2, 0.25) is 0 Å². The number of para-hydroxylation sites is 1. The molecule has 0 bridgehead atoms. The first-order valence-corrected chi connectivity index (χ1v) is 8.53. The smallest absolute Gasteiger partial charge is 0.319 e. The van der Waals surface area contributed by atoms with Crippen molar-refractivity contribution in [1.29, 1.82) is 0 Å². The molecule has 25 heavy (non-hydrogen) atoms. The monoisotopic (exact) mass is 351 g/mol. The van der Waals surface area contributed by atoms with E-state index in [2.05, 4.69) is 16.0 Å². The summed E-state index contributed by atoms with van der Waals surface area (Å²) in [7, 11) is 1.53. The number of carbonyl (C=O) groups excluding carboxylic acids is 2. The average Bonchev–Trinajstić information content (AvgIpc) is 3.07. The van der Waals surface area contributed by atoms with Gasteiger partial charge >= 0.3 is 6.03 Å². The van der Waals surface area contributed by atoms with Crippen molar-refractivity contribution in [3.05, 3.63) is 72.3 Å². The Balaban J connectivity index is 1.94. The molecule has 5 nitrogen and oxygen atoms in total. The van der Waals surface area contributed by atoms with Gasteiger partial charge < -0.3 is 10.6 Å². The molecular formula is C19H17N3O2S. The summed E-state index contributed by atoms with van der Waals surface area (Å²) in [5.41, 5.74) is 2.12. The number of carbonyl (C=O) groups is 2. The third kappa shape index (κ3) is 4.05. The zero-order valence-corrected chi connectivity index (χ0v) is 14.4. The van der Waals surface area contributed by atoms with Crippen molar-refractivity contribution < 1.29 is 9.59 Å². The molecule has 0 atom stereocenters. The van der Waals surface area contributed by atoms with Gasteiger partial charge in [-0.25, -0.2) is 4.79 Å². The van der Waals surface area contributed by atoms with Crippen LogP contribution in [0.25, 0.3) is 10.4 Å². The Labute approximate surface area is 149 Å². The van der Waals surface area contributed by atoms with Crippen LogP contribution in [0.1, 0.15) is 10.4 Å². The quantitative estimate of drug-likeness (QED) is 0.651. The Kier molecular flexibility index (Phi) is 5.11. The third-order valence-corrected chi connectivity index (χ3v) is 4.62. The Morgan fingerprint density at radius 2 is 1.52 bits per heavy atom. The lowest BCUT2D eigenvalue weighted by molar-refractivity contribution is 0.102. The summed E-state index contributed by atoms with van der Waals surface area (Å²) in [6, 6.07) is 20.4. The molecule has 1 aromatic heterocycles. The van der Waals surface area contributed by atoms with Crippen molar-refractivity contribution >= 4 is 34.0 Å². The summed E-state index contributed by atoms with van der Waals surface area (Å²) in [5.74, 6) is -0.268. The SMILES string of the molecule is CNC(=O)Nc1sc(-c2ccccc2)cc1C(=O)Nc1ccccc1. The van der Waals surface area contributed by atoms with Crippen LogP contribution in [0.2, 0.25) is 0 Å². The standard InChI is InChI=1S/C19H17N3O2S/c1-20-19(24)22-18-15(17(23)21-14-10-6-3-7-11-14)12-16(25-18)13-8-4-2-5-9-13/h2-12H,1H3,(H,21,23)(H2,20,22,24). The van der Waals surface area contributed by atoms with Gasteiger partial charge in [0.1, 0.15) is 5.00 Å². The molecular weight excluding hydrogens is 334 g/mol. The van der Waals surface area contributed by atoms with Crippen LogP contribution in [0.15, 0.2) is 66.7 Å². The number of benzene rings is 2. The first-order chi connectivity index (χ1) is 12.2. The Bertz CT molecular complexity index is 876. The fraction of sp³-hybridized carbons (Fsp3) is 0.0526. The van der Waals surface area contributed by atoms with E-state index in [0.29, 0.717) is 16.3 Å². The fourth-order valence-electron chi connectivity index (χ4n) is 2.28. The number of hydrogen-bond acceptors (Lipinski definition) is 3. The number of amides is 3. The van der Waals surface area contributed by atoms with Gasteiger partial charge in [0, 0.05) is 17.6 Å². The van der Waals surface area contributed by atoms with E-state index < -0.39 is 0 Å². The van der Waals surface area contributed by atoms with Crippen molar-refractivity contribution in [3.63, 3.8) is 0 Å². The molecule has 0 saturated heterocycles. The second-order valence-electron chi connectivity index (χ2n) is 5.24. The number of anilines is 2. The maximum absolute atomic E-state index is 12.7. The molecule has 126 valence electrons. The van der Waals surface area contributed by atoms with Crippen LogP contribution in [0.4, 0.5) is 15.5 Å². The van der Waals surface area contributed by atoms with E-state index in [1.165, 1.54) is 18.4 Å². The first-order valence-electron chi connectivity index (χ1n) is 7.72. The molecule has 0 spiro atoms. The van der Waals surface area contributed by atoms with E-state index >= 15 is 0 Å². The molecule has 0 fully saturated rings. The molecule has 2 aromatic carbocycles. The molecule has 3 amide bonds. The topological polar surface area (TPSA) is 70.2 Å². The molecule has 3 aromatic rings. The van der Waals surface area contributed by atoms with E-state index in [0.717, 1.165) is 10.4 Å². The Hall–Kier alpha value is -3.12. The molecule has 3 rings (SSSR count). The van der Waals surface area contributed by atoms with Gasteiger partial charge in [-0.05, 0) is 23.8 Å². The molecule has 0 radical (unpaired) electrons. The maximum atomic E-state index is 12.7. The normalized spacial score (nSPS) is 10.1. The van der Waals surface area contributed by atoms with E-state index in [4.69, 9.17) is 0 Å². The summed E-state index contributed by atoms with van der Waals surface area (Å²) in [6.45, 7) is 0. The molecule has 6 heteroatoms. The van der Waals surface area contributed by atoms with Crippen LogP contribution in [-0.4, -0.2) is 19.0 Å². The van der Waals surface area contributed by atoms with Crippen LogP contribution >= 0.6 is 11.3 Å². The Morgan fingerprint density at radius 3 is 2.16 bits per heavy atom. The van der Waals surface area contributed by atoms with E-state index in [-0.39, 0.29) is 11.9 Å². The second-order valence-corrected chi connectivity index (χ2v) is 6.30. The minimum Gasteiger partial charge on any atom is -0.341 e. The van der Waals surface area contributed by atoms with Crippen LogP contribution in [0, 0.1) is 0 Å². The van der Waals surface area contributed by atoms with Crippen molar-refractivity contribution in [3.8, 4) is 10.4 Å². The third-order valence-electron chi connectivity index (χ3n) is 3.52. The van der Waals surface area contributed by atoms with Crippen molar-refractivity contribution in [1.82, 2.24) is 5.32 Å². The van der Waals surface area contributed by atoms with E-state index in [1.807, 2.05) is 60.7 Å². The van der Waals surface area contributed by atoms with Crippen molar-refractivity contribution in [2.24, 2.45) is 0 Å². The lowest BCUT2D eigenvalue weighted by atomic mass is 10.1. The summed E-state index contributed by atoms with van der Waals surface area (Å²) >= 11 is 1.36. The van der Waals surface area contributed by atoms with E-state index in [1.54, 1.807) is 6.07 Å². The van der Waals surface area contributed by atoms with Crippen LogP contribution in [0.5, 0.6) is 0 Å². The zero-order chi connectivity index (χ0) is 17.6. The van der Waals surface area contributed by atoms with Gasteiger partial charge in [0.05, 0.1) is 5.56 Å². The highest BCUT2D eigenvalue weighted by atomic mass is 32.1. The number of hydrogen-bond donors (Lipinski definition) is 3. The lowest BCUT2D eigenvalue weighted by Gasteiger charge is -2.07. The van der Waals surface area contributed by atoms with E-state index in [9.17, 15) is 9.59 Å². The minimum absolute atomic E-state index is 0.268. The molecule has 0 aliphatic carbocycles. The molecule has 0 aliphatic rings. The molecule has 3 N–H and O–H groups in total. The number of rotatable bonds is 4. The summed E-state index contributed by atoms with van der Waals surface area (Å²) < 4.78 is 0. The predicted molar refractivity (Wildman–Crippen MR) is 102 cm³/mol. The largest absolute Gasteiger partial charge is 0.341 e. The van der Waals surface area contributed by atoms with Crippen molar-refractivity contribution in [2.45, 2.75) is 0 Å².